The fourth-order valence-electron chi connectivity index (χ4n) is 2.40. The van der Waals surface area contributed by atoms with Crippen LogP contribution in [0.5, 0.6) is 11.5 Å². The van der Waals surface area contributed by atoms with Crippen molar-refractivity contribution in [2.45, 2.75) is 12.5 Å². The van der Waals surface area contributed by atoms with E-state index in [1.165, 1.54) is 5.39 Å². The minimum atomic E-state index is 0.240. The van der Waals surface area contributed by atoms with Crippen LogP contribution in [0.2, 0.25) is 0 Å². The predicted molar refractivity (Wildman–Crippen MR) is 72.4 cm³/mol. The number of rotatable bonds is 3. The maximum absolute atomic E-state index is 6.12. The first-order chi connectivity index (χ1) is 8.88. The molecule has 1 saturated heterocycles. The zero-order valence-electron chi connectivity index (χ0n) is 10.5. The van der Waals surface area contributed by atoms with E-state index in [1.54, 1.807) is 7.11 Å². The van der Waals surface area contributed by atoms with E-state index in [-0.39, 0.29) is 6.10 Å². The van der Waals surface area contributed by atoms with Gasteiger partial charge in [0.05, 0.1) is 7.11 Å². The number of fused-ring (bicyclic) bond motifs is 1. The molecule has 0 radical (unpaired) electrons. The Hall–Kier alpha value is -1.74. The smallest absolute Gasteiger partial charge is 0.169 e. The Labute approximate surface area is 107 Å². The predicted octanol–water partition coefficient (Wildman–Crippen LogP) is 2.59. The highest BCUT2D eigenvalue weighted by atomic mass is 16.5. The van der Waals surface area contributed by atoms with Crippen molar-refractivity contribution in [1.29, 1.82) is 0 Å². The van der Waals surface area contributed by atoms with Crippen molar-refractivity contribution < 1.29 is 9.47 Å². The van der Waals surface area contributed by atoms with Gasteiger partial charge in [-0.15, -0.1) is 0 Å². The molecular formula is C15H17NO2. The summed E-state index contributed by atoms with van der Waals surface area (Å²) in [6.07, 6.45) is 1.29. The molecule has 0 bridgehead atoms. The summed E-state index contributed by atoms with van der Waals surface area (Å²) in [5.74, 6) is 1.67. The first kappa shape index (κ1) is 11.4. The Bertz CT molecular complexity index is 547. The largest absolute Gasteiger partial charge is 0.493 e. The Morgan fingerprint density at radius 3 is 2.83 bits per heavy atom. The van der Waals surface area contributed by atoms with Gasteiger partial charge in [0, 0.05) is 11.9 Å². The molecule has 94 valence electrons. The molecule has 2 aromatic carbocycles. The van der Waals surface area contributed by atoms with Gasteiger partial charge in [0.25, 0.3) is 0 Å². The molecule has 1 N–H and O–H groups in total. The molecule has 3 rings (SSSR count). The van der Waals surface area contributed by atoms with Crippen molar-refractivity contribution in [3.05, 3.63) is 36.4 Å². The number of methoxy groups -OCH3 is 1. The lowest BCUT2D eigenvalue weighted by Crippen LogP contribution is -2.20. The van der Waals surface area contributed by atoms with Crippen molar-refractivity contribution in [1.82, 2.24) is 5.32 Å². The first-order valence-electron chi connectivity index (χ1n) is 6.31. The van der Waals surface area contributed by atoms with Crippen LogP contribution in [0.4, 0.5) is 0 Å². The molecule has 1 atom stereocenters. The summed E-state index contributed by atoms with van der Waals surface area (Å²) in [6, 6.07) is 12.3. The minimum absolute atomic E-state index is 0.240. The minimum Gasteiger partial charge on any atom is -0.493 e. The van der Waals surface area contributed by atoms with Gasteiger partial charge in [-0.2, -0.15) is 0 Å². The number of hydrogen-bond donors (Lipinski definition) is 1. The summed E-state index contributed by atoms with van der Waals surface area (Å²) in [5.41, 5.74) is 0. The maximum Gasteiger partial charge on any atom is 0.169 e. The van der Waals surface area contributed by atoms with E-state index < -0.39 is 0 Å². The number of nitrogens with one attached hydrogen (secondary N) is 1. The highest BCUT2D eigenvalue weighted by molar-refractivity contribution is 5.90. The van der Waals surface area contributed by atoms with Crippen LogP contribution in [-0.4, -0.2) is 26.3 Å². The maximum atomic E-state index is 6.12. The van der Waals surface area contributed by atoms with Crippen LogP contribution in [0, 0.1) is 0 Å². The number of hydrogen-bond acceptors (Lipinski definition) is 3. The molecule has 1 unspecified atom stereocenters. The zero-order valence-corrected chi connectivity index (χ0v) is 10.5. The third-order valence-corrected chi connectivity index (χ3v) is 3.36. The van der Waals surface area contributed by atoms with Gasteiger partial charge in [0.2, 0.25) is 0 Å². The molecular weight excluding hydrogens is 226 g/mol. The summed E-state index contributed by atoms with van der Waals surface area (Å²) in [6.45, 7) is 1.93. The summed E-state index contributed by atoms with van der Waals surface area (Å²) in [5, 5.41) is 5.61. The van der Waals surface area contributed by atoms with E-state index in [2.05, 4.69) is 23.5 Å². The highest BCUT2D eigenvalue weighted by Gasteiger charge is 2.19. The second-order valence-corrected chi connectivity index (χ2v) is 4.55. The van der Waals surface area contributed by atoms with E-state index in [4.69, 9.17) is 9.47 Å². The molecule has 0 spiro atoms. The van der Waals surface area contributed by atoms with Crippen molar-refractivity contribution in [3.8, 4) is 11.5 Å². The lowest BCUT2D eigenvalue weighted by atomic mass is 10.1. The summed E-state index contributed by atoms with van der Waals surface area (Å²) in [7, 11) is 1.68. The lowest BCUT2D eigenvalue weighted by molar-refractivity contribution is 0.216. The quantitative estimate of drug-likeness (QED) is 0.898. The van der Waals surface area contributed by atoms with Gasteiger partial charge in [0.1, 0.15) is 6.10 Å². The van der Waals surface area contributed by atoms with Crippen molar-refractivity contribution >= 4 is 10.8 Å². The van der Waals surface area contributed by atoms with Crippen LogP contribution in [0.15, 0.2) is 36.4 Å². The zero-order chi connectivity index (χ0) is 12.4. The van der Waals surface area contributed by atoms with E-state index >= 15 is 0 Å². The average molecular weight is 243 g/mol. The molecule has 1 aliphatic rings. The molecule has 3 heteroatoms. The highest BCUT2D eigenvalue weighted by Crippen LogP contribution is 2.36. The van der Waals surface area contributed by atoms with Crippen LogP contribution in [0.3, 0.4) is 0 Å². The van der Waals surface area contributed by atoms with Crippen LogP contribution in [0.25, 0.3) is 10.8 Å². The Balaban J connectivity index is 2.05. The second-order valence-electron chi connectivity index (χ2n) is 4.55. The van der Waals surface area contributed by atoms with Crippen molar-refractivity contribution in [2.24, 2.45) is 0 Å². The third kappa shape index (κ3) is 2.02. The monoisotopic (exact) mass is 243 g/mol. The first-order valence-corrected chi connectivity index (χ1v) is 6.31. The normalized spacial score (nSPS) is 19.1. The van der Waals surface area contributed by atoms with E-state index in [9.17, 15) is 0 Å². The number of ether oxygens (including phenoxy) is 2. The van der Waals surface area contributed by atoms with Gasteiger partial charge >= 0.3 is 0 Å². The van der Waals surface area contributed by atoms with E-state index in [0.717, 1.165) is 36.4 Å². The SMILES string of the molecule is COc1ccc2ccccc2c1OC1CCNC1. The van der Waals surface area contributed by atoms with Gasteiger partial charge in [-0.3, -0.25) is 0 Å². The van der Waals surface area contributed by atoms with Gasteiger partial charge < -0.3 is 14.8 Å². The summed E-state index contributed by atoms with van der Waals surface area (Å²) >= 11 is 0. The van der Waals surface area contributed by atoms with Crippen molar-refractivity contribution in [3.63, 3.8) is 0 Å². The van der Waals surface area contributed by atoms with Gasteiger partial charge in [-0.25, -0.2) is 0 Å². The number of benzene rings is 2. The lowest BCUT2D eigenvalue weighted by Gasteiger charge is -2.17. The second kappa shape index (κ2) is 4.86. The van der Waals surface area contributed by atoms with Crippen LogP contribution < -0.4 is 14.8 Å². The molecule has 1 heterocycles. The van der Waals surface area contributed by atoms with Crippen LogP contribution in [-0.2, 0) is 0 Å². The van der Waals surface area contributed by atoms with Crippen molar-refractivity contribution in [2.75, 3.05) is 20.2 Å². The third-order valence-electron chi connectivity index (χ3n) is 3.36. The summed E-state index contributed by atoms with van der Waals surface area (Å²) in [4.78, 5) is 0. The molecule has 0 aromatic heterocycles. The van der Waals surface area contributed by atoms with Crippen LogP contribution >= 0.6 is 0 Å². The molecule has 0 saturated carbocycles. The Kier molecular flexibility index (Phi) is 3.07. The molecule has 3 nitrogen and oxygen atoms in total. The average Bonchev–Trinajstić information content (AvgIpc) is 2.92. The van der Waals surface area contributed by atoms with E-state index in [0.29, 0.717) is 0 Å². The molecule has 18 heavy (non-hydrogen) atoms. The molecule has 1 fully saturated rings. The van der Waals surface area contributed by atoms with Gasteiger partial charge in [-0.1, -0.05) is 30.3 Å². The van der Waals surface area contributed by atoms with E-state index in [1.807, 2.05) is 18.2 Å². The molecule has 0 amide bonds. The topological polar surface area (TPSA) is 30.5 Å². The molecule has 1 aliphatic heterocycles. The van der Waals surface area contributed by atoms with Crippen LogP contribution in [0.1, 0.15) is 6.42 Å². The molecule has 0 aliphatic carbocycles. The standard InChI is InChI=1S/C15H17NO2/c1-17-14-7-6-11-4-2-3-5-13(11)15(14)18-12-8-9-16-10-12/h2-7,12,16H,8-10H2,1H3. The fourth-order valence-corrected chi connectivity index (χ4v) is 2.40. The van der Waals surface area contributed by atoms with Gasteiger partial charge in [0.15, 0.2) is 11.5 Å². The summed E-state index contributed by atoms with van der Waals surface area (Å²) < 4.78 is 11.5. The fraction of sp³-hybridized carbons (Fsp3) is 0.333. The van der Waals surface area contributed by atoms with Gasteiger partial charge in [-0.05, 0) is 24.4 Å². The molecule has 2 aromatic rings. The Morgan fingerprint density at radius 2 is 2.06 bits per heavy atom. The Morgan fingerprint density at radius 1 is 1.17 bits per heavy atom.